The first-order chi connectivity index (χ1) is 6.06. The van der Waals surface area contributed by atoms with Crippen LogP contribution < -0.4 is 11.2 Å². The highest BCUT2D eigenvalue weighted by molar-refractivity contribution is 6.17. The van der Waals surface area contributed by atoms with E-state index in [0.29, 0.717) is 0 Å². The Morgan fingerprint density at radius 2 is 2.00 bits per heavy atom. The predicted octanol–water partition coefficient (Wildman–Crippen LogP) is -0.500. The third-order valence-corrected chi connectivity index (χ3v) is 1.66. The van der Waals surface area contributed by atoms with Crippen molar-refractivity contribution in [3.05, 3.63) is 32.1 Å². The second kappa shape index (κ2) is 3.44. The number of rotatable bonds is 2. The molecule has 0 aliphatic heterocycles. The van der Waals surface area contributed by atoms with Crippen LogP contribution in [-0.4, -0.2) is 21.0 Å². The van der Waals surface area contributed by atoms with Crippen LogP contribution in [0.25, 0.3) is 0 Å². The monoisotopic (exact) mass is 204 g/mol. The maximum Gasteiger partial charge on any atom is 0.352 e. The number of aromatic carboxylic acids is 1. The number of carbonyl (C=O) groups is 1. The summed E-state index contributed by atoms with van der Waals surface area (Å²) in [5.74, 6) is -1.66. The average molecular weight is 205 g/mol. The molecule has 0 aromatic carbocycles. The van der Waals surface area contributed by atoms with E-state index in [1.165, 1.54) is 0 Å². The van der Waals surface area contributed by atoms with Gasteiger partial charge in [0, 0.05) is 0 Å². The molecule has 3 N–H and O–H groups in total. The summed E-state index contributed by atoms with van der Waals surface area (Å²) in [6, 6.07) is 0. The molecule has 0 bridgehead atoms. The van der Waals surface area contributed by atoms with E-state index in [4.69, 9.17) is 16.7 Å². The van der Waals surface area contributed by atoms with Crippen LogP contribution in [0.3, 0.4) is 0 Å². The van der Waals surface area contributed by atoms with Crippen molar-refractivity contribution in [1.29, 1.82) is 0 Å². The normalized spacial score (nSPS) is 9.92. The summed E-state index contributed by atoms with van der Waals surface area (Å²) >= 11 is 5.33. The molecule has 1 heterocycles. The smallest absolute Gasteiger partial charge is 0.352 e. The molecule has 1 aromatic heterocycles. The lowest BCUT2D eigenvalue weighted by Crippen LogP contribution is -2.29. The Balaban J connectivity index is 3.57. The minimum absolute atomic E-state index is 0.159. The molecule has 0 aliphatic carbocycles. The summed E-state index contributed by atoms with van der Waals surface area (Å²) in [6.07, 6.45) is 0. The van der Waals surface area contributed by atoms with Crippen LogP contribution in [0.5, 0.6) is 0 Å². The van der Waals surface area contributed by atoms with Crippen LogP contribution >= 0.6 is 11.6 Å². The molecular formula is C6H5ClN2O4. The summed E-state index contributed by atoms with van der Waals surface area (Å²) in [7, 11) is 0. The van der Waals surface area contributed by atoms with Crippen molar-refractivity contribution >= 4 is 17.6 Å². The lowest BCUT2D eigenvalue weighted by Gasteiger charge is -1.98. The Bertz CT molecular complexity index is 447. The van der Waals surface area contributed by atoms with E-state index in [1.807, 2.05) is 9.97 Å². The molecule has 1 aromatic rings. The molecule has 1 rings (SSSR count). The largest absolute Gasteiger partial charge is 0.477 e. The molecule has 0 saturated heterocycles. The summed E-state index contributed by atoms with van der Waals surface area (Å²) in [5.41, 5.74) is -2.27. The standard InChI is InChI=1S/C6H5ClN2O4/c7-1-2-3(5(11)12)8-6(13)9-4(2)10/h1H2,(H,11,12)(H2,8,9,10,13). The van der Waals surface area contributed by atoms with E-state index in [-0.39, 0.29) is 11.4 Å². The Morgan fingerprint density at radius 1 is 1.38 bits per heavy atom. The van der Waals surface area contributed by atoms with Gasteiger partial charge in [0.1, 0.15) is 5.69 Å². The fourth-order valence-corrected chi connectivity index (χ4v) is 1.08. The van der Waals surface area contributed by atoms with Gasteiger partial charge in [-0.3, -0.25) is 9.78 Å². The fourth-order valence-electron chi connectivity index (χ4n) is 0.822. The van der Waals surface area contributed by atoms with Crippen molar-refractivity contribution in [3.63, 3.8) is 0 Å². The molecule has 0 aliphatic rings. The second-order valence-corrected chi connectivity index (χ2v) is 2.47. The Hall–Kier alpha value is -1.56. The van der Waals surface area contributed by atoms with Crippen LogP contribution in [0.4, 0.5) is 0 Å². The summed E-state index contributed by atoms with van der Waals surface area (Å²) < 4.78 is 0. The van der Waals surface area contributed by atoms with Crippen molar-refractivity contribution in [1.82, 2.24) is 9.97 Å². The van der Waals surface area contributed by atoms with Crippen LogP contribution in [0, 0.1) is 0 Å². The summed E-state index contributed by atoms with van der Waals surface area (Å²) in [5, 5.41) is 8.56. The third kappa shape index (κ3) is 1.78. The minimum Gasteiger partial charge on any atom is -0.477 e. The zero-order valence-electron chi connectivity index (χ0n) is 6.26. The lowest BCUT2D eigenvalue weighted by molar-refractivity contribution is 0.0688. The molecule has 0 atom stereocenters. The summed E-state index contributed by atoms with van der Waals surface area (Å²) in [4.78, 5) is 36.0. The van der Waals surface area contributed by atoms with E-state index >= 15 is 0 Å². The molecule has 0 saturated carbocycles. The number of alkyl halides is 1. The number of aromatic amines is 2. The van der Waals surface area contributed by atoms with Crippen molar-refractivity contribution in [2.24, 2.45) is 0 Å². The molecule has 0 fully saturated rings. The van der Waals surface area contributed by atoms with Crippen molar-refractivity contribution in [2.45, 2.75) is 5.88 Å². The number of hydrogen-bond acceptors (Lipinski definition) is 3. The van der Waals surface area contributed by atoms with Gasteiger partial charge in [0.05, 0.1) is 11.4 Å². The van der Waals surface area contributed by atoms with Crippen LogP contribution in [0.2, 0.25) is 0 Å². The van der Waals surface area contributed by atoms with Gasteiger partial charge in [0.25, 0.3) is 5.56 Å². The molecule has 7 heteroatoms. The van der Waals surface area contributed by atoms with Crippen molar-refractivity contribution in [2.75, 3.05) is 0 Å². The average Bonchev–Trinajstić information content (AvgIpc) is 2.02. The number of H-pyrrole nitrogens is 2. The van der Waals surface area contributed by atoms with Gasteiger partial charge in [-0.05, 0) is 0 Å². The van der Waals surface area contributed by atoms with E-state index < -0.39 is 22.9 Å². The van der Waals surface area contributed by atoms with Gasteiger partial charge < -0.3 is 10.1 Å². The quantitative estimate of drug-likeness (QED) is 0.565. The number of carboxylic acids is 1. The first-order valence-corrected chi connectivity index (χ1v) is 3.74. The Morgan fingerprint density at radius 3 is 2.46 bits per heavy atom. The van der Waals surface area contributed by atoms with Crippen molar-refractivity contribution in [3.8, 4) is 0 Å². The molecule has 0 unspecified atom stereocenters. The van der Waals surface area contributed by atoms with Gasteiger partial charge in [-0.2, -0.15) is 0 Å². The maximum atomic E-state index is 11.0. The Labute approximate surface area is 76.2 Å². The molecule has 0 amide bonds. The zero-order chi connectivity index (χ0) is 10.0. The Kier molecular flexibility index (Phi) is 2.52. The maximum absolute atomic E-state index is 11.0. The highest BCUT2D eigenvalue weighted by atomic mass is 35.5. The molecule has 0 spiro atoms. The molecule has 6 nitrogen and oxygen atoms in total. The van der Waals surface area contributed by atoms with Gasteiger partial charge in [-0.25, -0.2) is 9.59 Å². The van der Waals surface area contributed by atoms with Crippen LogP contribution in [0.15, 0.2) is 9.59 Å². The van der Waals surface area contributed by atoms with Gasteiger partial charge in [-0.1, -0.05) is 0 Å². The van der Waals surface area contributed by atoms with E-state index in [9.17, 15) is 14.4 Å². The number of halogens is 1. The number of nitrogens with one attached hydrogen (secondary N) is 2. The van der Waals surface area contributed by atoms with Crippen LogP contribution in [0.1, 0.15) is 16.1 Å². The minimum atomic E-state index is -1.39. The van der Waals surface area contributed by atoms with Gasteiger partial charge in [-0.15, -0.1) is 11.6 Å². The van der Waals surface area contributed by atoms with E-state index in [0.717, 1.165) is 0 Å². The molecule has 13 heavy (non-hydrogen) atoms. The number of carboxylic acid groups (broad SMARTS) is 1. The highest BCUT2D eigenvalue weighted by Gasteiger charge is 2.13. The van der Waals surface area contributed by atoms with Gasteiger partial charge in [0.15, 0.2) is 0 Å². The van der Waals surface area contributed by atoms with E-state index in [2.05, 4.69) is 0 Å². The predicted molar refractivity (Wildman–Crippen MR) is 44.2 cm³/mol. The van der Waals surface area contributed by atoms with Crippen molar-refractivity contribution < 1.29 is 9.90 Å². The van der Waals surface area contributed by atoms with Gasteiger partial charge in [0.2, 0.25) is 0 Å². The van der Waals surface area contributed by atoms with Gasteiger partial charge >= 0.3 is 11.7 Å². The SMILES string of the molecule is O=C(O)c1[nH]c(=O)[nH]c(=O)c1CCl. The first kappa shape index (κ1) is 9.53. The topological polar surface area (TPSA) is 103 Å². The highest BCUT2D eigenvalue weighted by Crippen LogP contribution is 2.00. The molecule has 0 radical (unpaired) electrons. The summed E-state index contributed by atoms with van der Waals surface area (Å²) in [6.45, 7) is 0. The van der Waals surface area contributed by atoms with E-state index in [1.54, 1.807) is 0 Å². The fraction of sp³-hybridized carbons (Fsp3) is 0.167. The van der Waals surface area contributed by atoms with Crippen LogP contribution in [-0.2, 0) is 5.88 Å². The first-order valence-electron chi connectivity index (χ1n) is 3.21. The molecule has 70 valence electrons. The molecular weight excluding hydrogens is 200 g/mol. The third-order valence-electron chi connectivity index (χ3n) is 1.39. The zero-order valence-corrected chi connectivity index (χ0v) is 7.01. The second-order valence-electron chi connectivity index (χ2n) is 2.20. The number of hydrogen-bond donors (Lipinski definition) is 3. The number of aromatic nitrogens is 2. The lowest BCUT2D eigenvalue weighted by atomic mass is 10.2.